The van der Waals surface area contributed by atoms with E-state index >= 15 is 0 Å². The van der Waals surface area contributed by atoms with Crippen molar-refractivity contribution in [1.29, 1.82) is 0 Å². The maximum absolute atomic E-state index is 11.9. The fraction of sp³-hybridized carbons (Fsp3) is 0.615. The summed E-state index contributed by atoms with van der Waals surface area (Å²) in [6.07, 6.45) is 0. The Morgan fingerprint density at radius 1 is 1.38 bits per heavy atom. The smallest absolute Gasteiger partial charge is 0.261 e. The maximum Gasteiger partial charge on any atom is 0.261 e. The van der Waals surface area contributed by atoms with Crippen LogP contribution in [0.5, 0.6) is 0 Å². The minimum absolute atomic E-state index is 0.0664. The fourth-order valence-corrected chi connectivity index (χ4v) is 3.93. The van der Waals surface area contributed by atoms with Gasteiger partial charge in [0, 0.05) is 16.8 Å². The van der Waals surface area contributed by atoms with Crippen molar-refractivity contribution < 1.29 is 4.79 Å². The lowest BCUT2D eigenvalue weighted by atomic mass is 9.79. The van der Waals surface area contributed by atoms with E-state index in [2.05, 4.69) is 39.9 Å². The van der Waals surface area contributed by atoms with E-state index in [4.69, 9.17) is 0 Å². The van der Waals surface area contributed by atoms with Crippen molar-refractivity contribution in [3.8, 4) is 0 Å². The first kappa shape index (κ1) is 11.6. The molecule has 1 aliphatic rings. The Kier molecular flexibility index (Phi) is 2.61. The molecule has 0 spiro atoms. The van der Waals surface area contributed by atoms with Crippen LogP contribution in [0.4, 0.5) is 0 Å². The van der Waals surface area contributed by atoms with Crippen molar-refractivity contribution in [3.05, 3.63) is 20.9 Å². The van der Waals surface area contributed by atoms with Crippen LogP contribution in [0.1, 0.15) is 59.3 Å². The Hall–Kier alpha value is -0.830. The lowest BCUT2D eigenvalue weighted by Crippen LogP contribution is -2.42. The average Bonchev–Trinajstić information content (AvgIpc) is 2.52. The van der Waals surface area contributed by atoms with Gasteiger partial charge in [-0.1, -0.05) is 27.7 Å². The quantitative estimate of drug-likeness (QED) is 0.798. The predicted molar refractivity (Wildman–Crippen MR) is 68.5 cm³/mol. The van der Waals surface area contributed by atoms with Gasteiger partial charge >= 0.3 is 0 Å². The molecule has 1 aliphatic heterocycles. The molecule has 1 aromatic rings. The Labute approximate surface area is 101 Å². The summed E-state index contributed by atoms with van der Waals surface area (Å²) in [7, 11) is 0. The normalized spacial score (nSPS) is 18.5. The molecule has 2 rings (SSSR count). The monoisotopic (exact) mass is 237 g/mol. The minimum atomic E-state index is 0.0664. The number of thiophene rings is 1. The van der Waals surface area contributed by atoms with Crippen LogP contribution in [0.2, 0.25) is 0 Å². The highest BCUT2D eigenvalue weighted by atomic mass is 32.1. The Morgan fingerprint density at radius 2 is 2.00 bits per heavy atom. The Bertz CT molecular complexity index is 443. The van der Waals surface area contributed by atoms with Crippen molar-refractivity contribution in [2.24, 2.45) is 0 Å². The van der Waals surface area contributed by atoms with E-state index in [-0.39, 0.29) is 11.3 Å². The number of hydrogen-bond donors (Lipinski definition) is 1. The SMILES string of the molecule is Cc1c(C(C)C)sc2c1C(C)(C)CNC2=O. The van der Waals surface area contributed by atoms with Gasteiger partial charge in [-0.15, -0.1) is 11.3 Å². The van der Waals surface area contributed by atoms with Crippen molar-refractivity contribution in [2.75, 3.05) is 6.54 Å². The molecule has 0 saturated carbocycles. The number of nitrogens with one attached hydrogen (secondary N) is 1. The van der Waals surface area contributed by atoms with E-state index in [0.29, 0.717) is 5.92 Å². The highest BCUT2D eigenvalue weighted by molar-refractivity contribution is 7.14. The van der Waals surface area contributed by atoms with Crippen LogP contribution in [0.15, 0.2) is 0 Å². The Balaban J connectivity index is 2.66. The minimum Gasteiger partial charge on any atom is -0.350 e. The molecule has 0 aromatic carbocycles. The number of amides is 1. The summed E-state index contributed by atoms with van der Waals surface area (Å²) < 4.78 is 0. The summed E-state index contributed by atoms with van der Waals surface area (Å²) in [5.74, 6) is 0.605. The molecule has 16 heavy (non-hydrogen) atoms. The van der Waals surface area contributed by atoms with Gasteiger partial charge in [-0.2, -0.15) is 0 Å². The van der Waals surface area contributed by atoms with Crippen molar-refractivity contribution in [2.45, 2.75) is 46.0 Å². The number of carbonyl (C=O) groups is 1. The molecule has 2 nitrogen and oxygen atoms in total. The molecule has 0 atom stereocenters. The second-order valence-corrected chi connectivity index (χ2v) is 6.57. The summed E-state index contributed by atoms with van der Waals surface area (Å²) in [6, 6.07) is 0. The zero-order valence-electron chi connectivity index (χ0n) is 10.6. The van der Waals surface area contributed by atoms with Crippen LogP contribution in [0.25, 0.3) is 0 Å². The van der Waals surface area contributed by atoms with E-state index in [9.17, 15) is 4.79 Å². The van der Waals surface area contributed by atoms with Gasteiger partial charge in [-0.25, -0.2) is 0 Å². The number of hydrogen-bond acceptors (Lipinski definition) is 2. The van der Waals surface area contributed by atoms with Crippen LogP contribution in [0, 0.1) is 6.92 Å². The third-order valence-electron chi connectivity index (χ3n) is 3.28. The first-order valence-corrected chi connectivity index (χ1v) is 6.58. The molecule has 1 N–H and O–H groups in total. The van der Waals surface area contributed by atoms with Crippen LogP contribution < -0.4 is 5.32 Å². The van der Waals surface area contributed by atoms with Crippen molar-refractivity contribution in [3.63, 3.8) is 0 Å². The molecule has 2 heterocycles. The first-order valence-electron chi connectivity index (χ1n) is 5.76. The van der Waals surface area contributed by atoms with Crippen LogP contribution in [-0.4, -0.2) is 12.5 Å². The van der Waals surface area contributed by atoms with E-state index < -0.39 is 0 Å². The van der Waals surface area contributed by atoms with Gasteiger partial charge in [-0.3, -0.25) is 4.79 Å². The van der Waals surface area contributed by atoms with Crippen LogP contribution in [0.3, 0.4) is 0 Å². The lowest BCUT2D eigenvalue weighted by Gasteiger charge is -2.31. The van der Waals surface area contributed by atoms with Gasteiger partial charge < -0.3 is 5.32 Å². The molecule has 0 bridgehead atoms. The lowest BCUT2D eigenvalue weighted by molar-refractivity contribution is 0.0934. The van der Waals surface area contributed by atoms with Gasteiger partial charge in [0.2, 0.25) is 0 Å². The standard InChI is InChI=1S/C13H19NOS/c1-7(2)10-8(3)9-11(16-10)12(15)14-6-13(9,4)5/h7H,6H2,1-5H3,(H,14,15). The molecule has 0 saturated heterocycles. The topological polar surface area (TPSA) is 29.1 Å². The fourth-order valence-electron chi connectivity index (χ4n) is 2.53. The number of carbonyl (C=O) groups excluding carboxylic acids is 1. The summed E-state index contributed by atoms with van der Waals surface area (Å²) >= 11 is 1.67. The molecule has 1 amide bonds. The highest BCUT2D eigenvalue weighted by Gasteiger charge is 2.36. The Morgan fingerprint density at radius 3 is 2.50 bits per heavy atom. The van der Waals surface area contributed by atoms with E-state index in [1.54, 1.807) is 11.3 Å². The molecule has 88 valence electrons. The first-order chi connectivity index (χ1) is 7.34. The zero-order chi connectivity index (χ0) is 12.1. The number of fused-ring (bicyclic) bond motifs is 1. The van der Waals surface area contributed by atoms with Gasteiger partial charge in [0.05, 0.1) is 4.88 Å². The van der Waals surface area contributed by atoms with E-state index in [1.807, 2.05) is 0 Å². The molecule has 3 heteroatoms. The van der Waals surface area contributed by atoms with Gasteiger partial charge in [0.15, 0.2) is 0 Å². The largest absolute Gasteiger partial charge is 0.350 e. The van der Waals surface area contributed by atoms with E-state index in [0.717, 1.165) is 11.4 Å². The summed E-state index contributed by atoms with van der Waals surface area (Å²) in [6.45, 7) is 11.7. The van der Waals surface area contributed by atoms with Crippen molar-refractivity contribution >= 4 is 17.2 Å². The molecule has 0 unspecified atom stereocenters. The van der Waals surface area contributed by atoms with Crippen LogP contribution in [-0.2, 0) is 5.41 Å². The highest BCUT2D eigenvalue weighted by Crippen LogP contribution is 2.41. The van der Waals surface area contributed by atoms with Gasteiger partial charge in [0.25, 0.3) is 5.91 Å². The molecular weight excluding hydrogens is 218 g/mol. The number of rotatable bonds is 1. The molecule has 0 aliphatic carbocycles. The third kappa shape index (κ3) is 1.58. The average molecular weight is 237 g/mol. The van der Waals surface area contributed by atoms with E-state index in [1.165, 1.54) is 16.0 Å². The predicted octanol–water partition coefficient (Wildman–Crippen LogP) is 3.20. The molecule has 1 aromatic heterocycles. The zero-order valence-corrected chi connectivity index (χ0v) is 11.4. The van der Waals surface area contributed by atoms with Crippen LogP contribution >= 0.6 is 11.3 Å². The molecule has 0 fully saturated rings. The maximum atomic E-state index is 11.9. The second kappa shape index (κ2) is 3.59. The third-order valence-corrected chi connectivity index (χ3v) is 4.87. The summed E-state index contributed by atoms with van der Waals surface area (Å²) in [5.41, 5.74) is 2.66. The summed E-state index contributed by atoms with van der Waals surface area (Å²) in [4.78, 5) is 14.1. The molecule has 0 radical (unpaired) electrons. The van der Waals surface area contributed by atoms with Crippen molar-refractivity contribution in [1.82, 2.24) is 5.32 Å². The van der Waals surface area contributed by atoms with Gasteiger partial charge in [-0.05, 0) is 24.0 Å². The van der Waals surface area contributed by atoms with Gasteiger partial charge in [0.1, 0.15) is 0 Å². The second-order valence-electron chi connectivity index (χ2n) is 5.52. The summed E-state index contributed by atoms with van der Waals surface area (Å²) in [5, 5.41) is 2.98. The molecular formula is C13H19NOS.